The highest BCUT2D eigenvalue weighted by atomic mass is 16.5. The van der Waals surface area contributed by atoms with E-state index in [9.17, 15) is 14.4 Å². The molecule has 3 amide bonds. The van der Waals surface area contributed by atoms with E-state index in [-0.39, 0.29) is 29.8 Å². The highest BCUT2D eigenvalue weighted by Gasteiger charge is 2.73. The SMILES string of the molecule is COc1ccc(NC(=O)[C@@H]2[C@@H]3C=C[C@]4(O3)[C@@H]2C(=O)N(C2CCC(C)CC2)[C@@H]4C(=O)NC2CCCCC2)cc1. The van der Waals surface area contributed by atoms with Crippen molar-refractivity contribution in [1.29, 1.82) is 0 Å². The molecule has 1 aromatic rings. The van der Waals surface area contributed by atoms with Crippen molar-refractivity contribution in [3.8, 4) is 5.75 Å². The van der Waals surface area contributed by atoms with Crippen LogP contribution in [0.5, 0.6) is 5.75 Å². The predicted octanol–water partition coefficient (Wildman–Crippen LogP) is 3.81. The summed E-state index contributed by atoms with van der Waals surface area (Å²) < 4.78 is 11.7. The van der Waals surface area contributed by atoms with Gasteiger partial charge in [0.25, 0.3) is 0 Å². The van der Waals surface area contributed by atoms with Crippen LogP contribution in [0.4, 0.5) is 5.69 Å². The molecule has 0 radical (unpaired) electrons. The molecule has 8 nitrogen and oxygen atoms in total. The highest BCUT2D eigenvalue weighted by molar-refractivity contribution is 6.03. The summed E-state index contributed by atoms with van der Waals surface area (Å²) in [5.74, 6) is -0.586. The molecule has 8 heteroatoms. The zero-order chi connectivity index (χ0) is 26.4. The molecule has 3 heterocycles. The molecule has 2 aliphatic carbocycles. The number of carbonyl (C=O) groups is 3. The molecule has 2 saturated heterocycles. The number of methoxy groups -OCH3 is 1. The molecule has 6 rings (SSSR count). The van der Waals surface area contributed by atoms with Crippen LogP contribution in [-0.4, -0.2) is 59.6 Å². The van der Waals surface area contributed by atoms with Crippen molar-refractivity contribution in [3.05, 3.63) is 36.4 Å². The van der Waals surface area contributed by atoms with Gasteiger partial charge in [0.15, 0.2) is 0 Å². The topological polar surface area (TPSA) is 97.0 Å². The van der Waals surface area contributed by atoms with Crippen LogP contribution in [0, 0.1) is 17.8 Å². The van der Waals surface area contributed by atoms with Crippen LogP contribution in [-0.2, 0) is 19.1 Å². The van der Waals surface area contributed by atoms with Crippen LogP contribution in [0.1, 0.15) is 64.7 Å². The lowest BCUT2D eigenvalue weighted by Crippen LogP contribution is -2.58. The average molecular weight is 522 g/mol. The Kier molecular flexibility index (Phi) is 6.70. The molecule has 5 aliphatic rings. The zero-order valence-corrected chi connectivity index (χ0v) is 22.4. The van der Waals surface area contributed by atoms with Gasteiger partial charge in [-0.2, -0.15) is 0 Å². The minimum absolute atomic E-state index is 0.0119. The Morgan fingerprint density at radius 3 is 2.39 bits per heavy atom. The number of carbonyl (C=O) groups excluding carboxylic acids is 3. The van der Waals surface area contributed by atoms with Gasteiger partial charge in [-0.3, -0.25) is 14.4 Å². The van der Waals surface area contributed by atoms with E-state index >= 15 is 0 Å². The molecule has 38 heavy (non-hydrogen) atoms. The van der Waals surface area contributed by atoms with E-state index in [0.29, 0.717) is 17.4 Å². The Balaban J connectivity index is 1.30. The minimum atomic E-state index is -1.11. The molecule has 5 atom stereocenters. The Hall–Kier alpha value is -2.87. The van der Waals surface area contributed by atoms with Crippen LogP contribution < -0.4 is 15.4 Å². The first kappa shape index (κ1) is 25.4. The van der Waals surface area contributed by atoms with Gasteiger partial charge in [-0.25, -0.2) is 0 Å². The number of fused-ring (bicyclic) bond motifs is 1. The Bertz CT molecular complexity index is 1110. The first-order valence-electron chi connectivity index (χ1n) is 14.4. The Morgan fingerprint density at radius 2 is 1.71 bits per heavy atom. The van der Waals surface area contributed by atoms with E-state index in [1.807, 2.05) is 17.1 Å². The molecule has 204 valence electrons. The summed E-state index contributed by atoms with van der Waals surface area (Å²) in [5, 5.41) is 6.27. The maximum absolute atomic E-state index is 14.2. The number of nitrogens with zero attached hydrogens (tertiary/aromatic N) is 1. The first-order valence-corrected chi connectivity index (χ1v) is 14.4. The van der Waals surface area contributed by atoms with Crippen LogP contribution in [0.3, 0.4) is 0 Å². The second-order valence-electron chi connectivity index (χ2n) is 11.9. The molecule has 1 aromatic carbocycles. The van der Waals surface area contributed by atoms with Gasteiger partial charge in [0.2, 0.25) is 17.7 Å². The van der Waals surface area contributed by atoms with Crippen molar-refractivity contribution in [1.82, 2.24) is 10.2 Å². The van der Waals surface area contributed by atoms with Crippen LogP contribution in [0.2, 0.25) is 0 Å². The van der Waals surface area contributed by atoms with E-state index in [2.05, 4.69) is 17.6 Å². The van der Waals surface area contributed by atoms with Gasteiger partial charge >= 0.3 is 0 Å². The van der Waals surface area contributed by atoms with E-state index < -0.39 is 29.6 Å². The molecule has 3 aliphatic heterocycles. The second kappa shape index (κ2) is 10.0. The summed E-state index contributed by atoms with van der Waals surface area (Å²) in [5.41, 5.74) is -0.474. The molecular formula is C30H39N3O5. The minimum Gasteiger partial charge on any atom is -0.497 e. The predicted molar refractivity (Wildman–Crippen MR) is 142 cm³/mol. The zero-order valence-electron chi connectivity index (χ0n) is 22.4. The molecular weight excluding hydrogens is 482 g/mol. The molecule has 1 spiro atoms. The van der Waals surface area contributed by atoms with E-state index in [1.54, 1.807) is 31.4 Å². The maximum atomic E-state index is 14.2. The molecule has 4 fully saturated rings. The Morgan fingerprint density at radius 1 is 1.00 bits per heavy atom. The lowest BCUT2D eigenvalue weighted by molar-refractivity contribution is -0.145. The molecule has 2 N–H and O–H groups in total. The number of hydrogen-bond acceptors (Lipinski definition) is 5. The van der Waals surface area contributed by atoms with Crippen molar-refractivity contribution in [2.75, 3.05) is 12.4 Å². The third-order valence-corrected chi connectivity index (χ3v) is 9.55. The largest absolute Gasteiger partial charge is 0.497 e. The smallest absolute Gasteiger partial charge is 0.246 e. The average Bonchev–Trinajstić information content (AvgIpc) is 3.57. The lowest BCUT2D eigenvalue weighted by atomic mass is 9.74. The number of likely N-dealkylation sites (tertiary alicyclic amines) is 1. The summed E-state index contributed by atoms with van der Waals surface area (Å²) in [7, 11) is 1.59. The first-order chi connectivity index (χ1) is 18.4. The number of nitrogens with one attached hydrogen (secondary N) is 2. The van der Waals surface area contributed by atoms with Crippen LogP contribution >= 0.6 is 0 Å². The number of rotatable bonds is 6. The maximum Gasteiger partial charge on any atom is 0.246 e. The number of amides is 3. The fourth-order valence-corrected chi connectivity index (χ4v) is 7.55. The fourth-order valence-electron chi connectivity index (χ4n) is 7.55. The highest BCUT2D eigenvalue weighted by Crippen LogP contribution is 2.56. The van der Waals surface area contributed by atoms with Crippen molar-refractivity contribution in [2.24, 2.45) is 17.8 Å². The van der Waals surface area contributed by atoms with Gasteiger partial charge in [-0.15, -0.1) is 0 Å². The third-order valence-electron chi connectivity index (χ3n) is 9.55. The van der Waals surface area contributed by atoms with Crippen LogP contribution in [0.15, 0.2) is 36.4 Å². The summed E-state index contributed by atoms with van der Waals surface area (Å²) in [6.07, 6.45) is 12.4. The van der Waals surface area contributed by atoms with Gasteiger partial charge in [-0.05, 0) is 68.7 Å². The number of hydrogen-bond donors (Lipinski definition) is 2. The van der Waals surface area contributed by atoms with Gasteiger partial charge < -0.3 is 25.0 Å². The van der Waals surface area contributed by atoms with Crippen LogP contribution in [0.25, 0.3) is 0 Å². The van der Waals surface area contributed by atoms with Gasteiger partial charge in [0, 0.05) is 17.8 Å². The van der Waals surface area contributed by atoms with E-state index in [1.165, 1.54) is 6.42 Å². The molecule has 0 unspecified atom stereocenters. The normalized spacial score (nSPS) is 36.3. The monoisotopic (exact) mass is 521 g/mol. The summed E-state index contributed by atoms with van der Waals surface area (Å²) >= 11 is 0. The van der Waals surface area contributed by atoms with Crippen molar-refractivity contribution >= 4 is 23.4 Å². The van der Waals surface area contributed by atoms with Gasteiger partial charge in [0.05, 0.1) is 25.0 Å². The van der Waals surface area contributed by atoms with Crippen molar-refractivity contribution in [3.63, 3.8) is 0 Å². The second-order valence-corrected chi connectivity index (χ2v) is 11.9. The number of ether oxygens (including phenoxy) is 2. The summed E-state index contributed by atoms with van der Waals surface area (Å²) in [6, 6.07) is 6.50. The molecule has 2 saturated carbocycles. The standard InChI is InChI=1S/C30H39N3O5/c1-18-8-12-21(13-9-18)33-26(28(35)32-19-6-4-3-5-7-19)30-17-16-23(38-30)24(25(30)29(33)36)27(34)31-20-10-14-22(37-2)15-11-20/h10-11,14-19,21,23-26H,3-9,12-13H2,1-2H3,(H,31,34)(H,32,35)/t18?,21?,23-,24+,25-,26+,30-/m0/s1. The summed E-state index contributed by atoms with van der Waals surface area (Å²) in [4.78, 5) is 43.7. The molecule has 2 bridgehead atoms. The van der Waals surface area contributed by atoms with Crippen molar-refractivity contribution in [2.45, 2.75) is 94.5 Å². The third kappa shape index (κ3) is 4.21. The number of anilines is 1. The lowest BCUT2D eigenvalue weighted by Gasteiger charge is -2.40. The molecule has 0 aromatic heterocycles. The quantitative estimate of drug-likeness (QED) is 0.555. The fraction of sp³-hybridized carbons (Fsp3) is 0.633. The summed E-state index contributed by atoms with van der Waals surface area (Å²) in [6.45, 7) is 2.25. The van der Waals surface area contributed by atoms with E-state index in [0.717, 1.165) is 51.4 Å². The van der Waals surface area contributed by atoms with Gasteiger partial charge in [0.1, 0.15) is 17.4 Å². The van der Waals surface area contributed by atoms with E-state index in [4.69, 9.17) is 9.47 Å². The number of benzene rings is 1. The van der Waals surface area contributed by atoms with Crippen molar-refractivity contribution < 1.29 is 23.9 Å². The van der Waals surface area contributed by atoms with Gasteiger partial charge in [-0.1, -0.05) is 38.3 Å². The Labute approximate surface area is 224 Å².